The van der Waals surface area contributed by atoms with Gasteiger partial charge in [-0.05, 0) is 113 Å². The molecular formula is C51H30O. The minimum atomic E-state index is -0.430. The van der Waals surface area contributed by atoms with Crippen molar-refractivity contribution in [2.75, 3.05) is 0 Å². The second-order valence-electron chi connectivity index (χ2n) is 14.4. The zero-order valence-corrected chi connectivity index (χ0v) is 28.2. The molecule has 0 saturated carbocycles. The van der Waals surface area contributed by atoms with Crippen molar-refractivity contribution in [3.63, 3.8) is 0 Å². The van der Waals surface area contributed by atoms with Crippen molar-refractivity contribution in [2.45, 2.75) is 5.41 Å². The molecule has 0 bridgehead atoms. The Morgan fingerprint density at radius 2 is 0.942 bits per heavy atom. The second-order valence-corrected chi connectivity index (χ2v) is 14.4. The number of hydrogen-bond donors (Lipinski definition) is 0. The molecule has 240 valence electrons. The van der Waals surface area contributed by atoms with Crippen molar-refractivity contribution in [2.24, 2.45) is 0 Å². The summed E-state index contributed by atoms with van der Waals surface area (Å²) in [5.74, 6) is 0. The summed E-state index contributed by atoms with van der Waals surface area (Å²) >= 11 is 0. The van der Waals surface area contributed by atoms with E-state index >= 15 is 0 Å². The molecule has 2 aliphatic carbocycles. The van der Waals surface area contributed by atoms with Gasteiger partial charge in [0.2, 0.25) is 0 Å². The van der Waals surface area contributed by atoms with E-state index in [0.717, 1.165) is 27.3 Å². The maximum atomic E-state index is 6.46. The maximum absolute atomic E-state index is 6.46. The fourth-order valence-corrected chi connectivity index (χ4v) is 9.65. The van der Waals surface area contributed by atoms with E-state index in [9.17, 15) is 0 Å². The van der Waals surface area contributed by atoms with Gasteiger partial charge in [-0.25, -0.2) is 0 Å². The molecule has 0 amide bonds. The van der Waals surface area contributed by atoms with Gasteiger partial charge in [-0.15, -0.1) is 0 Å². The number of benzene rings is 9. The van der Waals surface area contributed by atoms with Crippen molar-refractivity contribution < 1.29 is 4.42 Å². The Morgan fingerprint density at radius 1 is 0.327 bits per heavy atom. The van der Waals surface area contributed by atoms with Gasteiger partial charge in [0.05, 0.1) is 5.41 Å². The summed E-state index contributed by atoms with van der Waals surface area (Å²) in [6, 6.07) is 67.4. The van der Waals surface area contributed by atoms with Gasteiger partial charge in [-0.1, -0.05) is 152 Å². The number of rotatable bonds is 2. The van der Waals surface area contributed by atoms with Crippen LogP contribution in [0.2, 0.25) is 0 Å². The zero-order chi connectivity index (χ0) is 34.0. The van der Waals surface area contributed by atoms with Crippen LogP contribution in [-0.2, 0) is 5.41 Å². The SMILES string of the molecule is c1ccc(-c2ccc3c(c2)C2(c4ccccc4-c4ccccc42)c2c-3ccc3cc(-c4ccc5oc6c7ccccc7ccc6c5c4)ccc23)cc1. The van der Waals surface area contributed by atoms with Crippen molar-refractivity contribution in [3.05, 3.63) is 204 Å². The summed E-state index contributed by atoms with van der Waals surface area (Å²) in [5, 5.41) is 7.19. The van der Waals surface area contributed by atoms with E-state index in [-0.39, 0.29) is 0 Å². The van der Waals surface area contributed by atoms with Crippen LogP contribution in [0.3, 0.4) is 0 Å². The lowest BCUT2D eigenvalue weighted by molar-refractivity contribution is 0.672. The molecule has 0 aliphatic heterocycles. The summed E-state index contributed by atoms with van der Waals surface area (Å²) in [7, 11) is 0. The highest BCUT2D eigenvalue weighted by Crippen LogP contribution is 2.64. The van der Waals surface area contributed by atoms with E-state index in [2.05, 4.69) is 182 Å². The van der Waals surface area contributed by atoms with Gasteiger partial charge >= 0.3 is 0 Å². The smallest absolute Gasteiger partial charge is 0.143 e. The van der Waals surface area contributed by atoms with Gasteiger partial charge in [0, 0.05) is 16.2 Å². The number of furan rings is 1. The summed E-state index contributed by atoms with van der Waals surface area (Å²) in [6.07, 6.45) is 0. The standard InChI is InChI=1S/C51H30O/c1-2-10-31(11-3-1)35-20-24-41-42-25-21-36-28-33(34-22-27-48-44(29-34)43-26-18-32-12-4-5-13-38(32)50(43)52-48)19-23-37(36)49(42)51(47(41)30-35)45-16-8-6-14-39(45)40-15-7-9-17-46(40)51/h1-30H. The highest BCUT2D eigenvalue weighted by atomic mass is 16.3. The van der Waals surface area contributed by atoms with Crippen LogP contribution in [0.1, 0.15) is 22.3 Å². The first-order valence-electron chi connectivity index (χ1n) is 18.1. The van der Waals surface area contributed by atoms with Gasteiger partial charge in [-0.2, -0.15) is 0 Å². The van der Waals surface area contributed by atoms with E-state index in [1.54, 1.807) is 0 Å². The maximum Gasteiger partial charge on any atom is 0.143 e. The number of hydrogen-bond acceptors (Lipinski definition) is 1. The topological polar surface area (TPSA) is 13.1 Å². The van der Waals surface area contributed by atoms with E-state index in [0.29, 0.717) is 0 Å². The highest BCUT2D eigenvalue weighted by Gasteiger charge is 2.52. The molecule has 0 atom stereocenters. The molecule has 1 aromatic heterocycles. The predicted molar refractivity (Wildman–Crippen MR) is 216 cm³/mol. The van der Waals surface area contributed by atoms with Gasteiger partial charge in [-0.3, -0.25) is 0 Å². The van der Waals surface area contributed by atoms with Gasteiger partial charge < -0.3 is 4.42 Å². The van der Waals surface area contributed by atoms with E-state index in [1.807, 2.05) is 0 Å². The minimum Gasteiger partial charge on any atom is -0.455 e. The normalized spacial score (nSPS) is 13.5. The zero-order valence-electron chi connectivity index (χ0n) is 28.2. The van der Waals surface area contributed by atoms with Crippen molar-refractivity contribution in [1.29, 1.82) is 0 Å². The molecule has 0 saturated heterocycles. The average Bonchev–Trinajstić information content (AvgIpc) is 3.84. The van der Waals surface area contributed by atoms with E-state index in [4.69, 9.17) is 4.42 Å². The summed E-state index contributed by atoms with van der Waals surface area (Å²) < 4.78 is 6.46. The number of fused-ring (bicyclic) bond motifs is 17. The molecule has 12 rings (SSSR count). The van der Waals surface area contributed by atoms with Crippen LogP contribution in [0.25, 0.3) is 88.0 Å². The van der Waals surface area contributed by atoms with Crippen molar-refractivity contribution in [1.82, 2.24) is 0 Å². The lowest BCUT2D eigenvalue weighted by Gasteiger charge is -2.31. The predicted octanol–water partition coefficient (Wildman–Crippen LogP) is 13.6. The van der Waals surface area contributed by atoms with Crippen LogP contribution < -0.4 is 0 Å². The third-order valence-electron chi connectivity index (χ3n) is 11.9. The summed E-state index contributed by atoms with van der Waals surface area (Å²) in [4.78, 5) is 0. The molecular weight excluding hydrogens is 629 g/mol. The monoisotopic (exact) mass is 658 g/mol. The summed E-state index contributed by atoms with van der Waals surface area (Å²) in [5.41, 5.74) is 17.1. The Labute approximate surface area is 301 Å². The van der Waals surface area contributed by atoms with Crippen LogP contribution >= 0.6 is 0 Å². The Hall–Kier alpha value is -6.70. The molecule has 1 heteroatoms. The third kappa shape index (κ3) is 3.57. The fraction of sp³-hybridized carbons (Fsp3) is 0.0196. The molecule has 0 radical (unpaired) electrons. The van der Waals surface area contributed by atoms with Crippen LogP contribution in [-0.4, -0.2) is 0 Å². The lowest BCUT2D eigenvalue weighted by atomic mass is 9.69. The van der Waals surface area contributed by atoms with Crippen molar-refractivity contribution in [3.8, 4) is 44.5 Å². The molecule has 0 unspecified atom stereocenters. The second kappa shape index (κ2) is 10.2. The van der Waals surface area contributed by atoms with Crippen LogP contribution in [0.5, 0.6) is 0 Å². The van der Waals surface area contributed by atoms with E-state index < -0.39 is 5.41 Å². The molecule has 1 spiro atoms. The summed E-state index contributed by atoms with van der Waals surface area (Å²) in [6.45, 7) is 0. The fourth-order valence-electron chi connectivity index (χ4n) is 9.65. The van der Waals surface area contributed by atoms with Crippen LogP contribution in [0.15, 0.2) is 186 Å². The molecule has 9 aromatic carbocycles. The average molecular weight is 659 g/mol. The molecule has 2 aliphatic rings. The first-order valence-corrected chi connectivity index (χ1v) is 18.1. The van der Waals surface area contributed by atoms with Gasteiger partial charge in [0.1, 0.15) is 11.2 Å². The molecule has 52 heavy (non-hydrogen) atoms. The van der Waals surface area contributed by atoms with Gasteiger partial charge in [0.15, 0.2) is 0 Å². The molecule has 0 fully saturated rings. The molecule has 0 N–H and O–H groups in total. The third-order valence-corrected chi connectivity index (χ3v) is 11.9. The minimum absolute atomic E-state index is 0.430. The molecule has 1 nitrogen and oxygen atoms in total. The van der Waals surface area contributed by atoms with Gasteiger partial charge in [0.25, 0.3) is 0 Å². The molecule has 10 aromatic rings. The van der Waals surface area contributed by atoms with Crippen LogP contribution in [0.4, 0.5) is 0 Å². The quantitative estimate of drug-likeness (QED) is 0.180. The lowest BCUT2D eigenvalue weighted by Crippen LogP contribution is -2.26. The Morgan fingerprint density at radius 3 is 1.79 bits per heavy atom. The highest BCUT2D eigenvalue weighted by molar-refractivity contribution is 6.15. The first-order chi connectivity index (χ1) is 25.8. The Kier molecular flexibility index (Phi) is 5.49. The molecule has 1 heterocycles. The Balaban J connectivity index is 1.10. The largest absolute Gasteiger partial charge is 0.455 e. The van der Waals surface area contributed by atoms with E-state index in [1.165, 1.54) is 82.9 Å². The van der Waals surface area contributed by atoms with Crippen molar-refractivity contribution >= 4 is 43.5 Å². The first kappa shape index (κ1) is 28.0. The Bertz CT molecular complexity index is 3080. The van der Waals surface area contributed by atoms with Crippen LogP contribution in [0, 0.1) is 0 Å².